The Morgan fingerprint density at radius 3 is 2.96 bits per heavy atom. The van der Waals surface area contributed by atoms with E-state index in [1.807, 2.05) is 12.1 Å². The Balaban J connectivity index is 1.85. The van der Waals surface area contributed by atoms with Crippen molar-refractivity contribution in [3.63, 3.8) is 0 Å². The topological polar surface area (TPSA) is 45.6 Å². The van der Waals surface area contributed by atoms with Crippen molar-refractivity contribution in [2.45, 2.75) is 31.1 Å². The maximum Gasteiger partial charge on any atom is 0.241 e. The van der Waals surface area contributed by atoms with E-state index in [2.05, 4.69) is 10.1 Å². The molecule has 1 aromatic heterocycles. The SMILES string of the molecule is CC(=O)N1N=C(c2cc(F)ccc2F)SC12CCCc1cccnc12. The lowest BCUT2D eigenvalue weighted by Crippen LogP contribution is -2.43. The van der Waals surface area contributed by atoms with Crippen molar-refractivity contribution in [2.24, 2.45) is 5.10 Å². The highest BCUT2D eigenvalue weighted by Crippen LogP contribution is 2.52. The van der Waals surface area contributed by atoms with E-state index in [0.717, 1.165) is 42.3 Å². The van der Waals surface area contributed by atoms with E-state index in [9.17, 15) is 13.6 Å². The maximum atomic E-state index is 14.2. The normalized spacial score (nSPS) is 22.0. The van der Waals surface area contributed by atoms with Gasteiger partial charge in [0.05, 0.1) is 5.69 Å². The summed E-state index contributed by atoms with van der Waals surface area (Å²) in [6.45, 7) is 1.42. The van der Waals surface area contributed by atoms with E-state index in [4.69, 9.17) is 0 Å². The van der Waals surface area contributed by atoms with Gasteiger partial charge in [0.25, 0.3) is 0 Å². The van der Waals surface area contributed by atoms with E-state index >= 15 is 0 Å². The van der Waals surface area contributed by atoms with Crippen molar-refractivity contribution in [2.75, 3.05) is 0 Å². The molecule has 0 saturated carbocycles. The fourth-order valence-electron chi connectivity index (χ4n) is 3.42. The Labute approximate surface area is 147 Å². The second-order valence-corrected chi connectivity index (χ2v) is 7.38. The van der Waals surface area contributed by atoms with Gasteiger partial charge in [0, 0.05) is 18.7 Å². The highest BCUT2D eigenvalue weighted by atomic mass is 32.2. The second-order valence-electron chi connectivity index (χ2n) is 6.11. The molecule has 2 aromatic rings. The van der Waals surface area contributed by atoms with E-state index in [1.54, 1.807) is 6.20 Å². The molecule has 1 unspecified atom stereocenters. The van der Waals surface area contributed by atoms with Crippen LogP contribution in [0.15, 0.2) is 41.6 Å². The lowest BCUT2D eigenvalue weighted by atomic mass is 9.90. The first-order chi connectivity index (χ1) is 12.0. The van der Waals surface area contributed by atoms with Gasteiger partial charge in [0.2, 0.25) is 5.91 Å². The van der Waals surface area contributed by atoms with Gasteiger partial charge in [-0.25, -0.2) is 13.8 Å². The number of hydrogen-bond donors (Lipinski definition) is 0. The average molecular weight is 359 g/mol. The second kappa shape index (κ2) is 5.91. The summed E-state index contributed by atoms with van der Waals surface area (Å²) in [5.41, 5.74) is 1.90. The molecule has 0 fully saturated rings. The molecule has 1 spiro atoms. The smallest absolute Gasteiger partial charge is 0.241 e. The third-order valence-electron chi connectivity index (χ3n) is 4.48. The number of halogens is 2. The van der Waals surface area contributed by atoms with Crippen LogP contribution in [-0.4, -0.2) is 20.9 Å². The van der Waals surface area contributed by atoms with Crippen LogP contribution in [0, 0.1) is 11.6 Å². The number of benzene rings is 1. The number of carbonyl (C=O) groups excluding carboxylic acids is 1. The number of fused-ring (bicyclic) bond motifs is 2. The van der Waals surface area contributed by atoms with Crippen molar-refractivity contribution in [1.29, 1.82) is 0 Å². The van der Waals surface area contributed by atoms with Crippen molar-refractivity contribution in [1.82, 2.24) is 9.99 Å². The van der Waals surface area contributed by atoms with Crippen LogP contribution < -0.4 is 0 Å². The van der Waals surface area contributed by atoms with Crippen LogP contribution in [0.4, 0.5) is 8.78 Å². The summed E-state index contributed by atoms with van der Waals surface area (Å²) in [6.07, 6.45) is 4.08. The van der Waals surface area contributed by atoms with Crippen LogP contribution in [0.1, 0.15) is 36.6 Å². The molecular weight excluding hydrogens is 344 g/mol. The first kappa shape index (κ1) is 16.2. The Morgan fingerprint density at radius 1 is 1.32 bits per heavy atom. The number of rotatable bonds is 1. The predicted octanol–water partition coefficient (Wildman–Crippen LogP) is 3.81. The highest BCUT2D eigenvalue weighted by Gasteiger charge is 2.51. The fraction of sp³-hybridized carbons (Fsp3) is 0.278. The fourth-order valence-corrected chi connectivity index (χ4v) is 4.92. The number of aromatic nitrogens is 1. The van der Waals surface area contributed by atoms with Crippen LogP contribution in [-0.2, 0) is 16.1 Å². The molecule has 0 saturated heterocycles. The molecular formula is C18H15F2N3OS. The summed E-state index contributed by atoms with van der Waals surface area (Å²) in [7, 11) is 0. The maximum absolute atomic E-state index is 14.2. The Morgan fingerprint density at radius 2 is 2.16 bits per heavy atom. The zero-order chi connectivity index (χ0) is 17.6. The number of pyridine rings is 1. The third-order valence-corrected chi connectivity index (χ3v) is 5.88. The Kier molecular flexibility index (Phi) is 3.83. The third kappa shape index (κ3) is 2.54. The minimum Gasteiger partial charge on any atom is -0.273 e. The van der Waals surface area contributed by atoms with Crippen LogP contribution in [0.5, 0.6) is 0 Å². The number of amides is 1. The summed E-state index contributed by atoms with van der Waals surface area (Å²) < 4.78 is 27.8. The lowest BCUT2D eigenvalue weighted by Gasteiger charge is -2.38. The Hall–Kier alpha value is -2.28. The predicted molar refractivity (Wildman–Crippen MR) is 91.9 cm³/mol. The number of carbonyl (C=O) groups is 1. The van der Waals surface area contributed by atoms with Crippen LogP contribution in [0.3, 0.4) is 0 Å². The molecule has 4 rings (SSSR count). The van der Waals surface area contributed by atoms with Crippen molar-refractivity contribution in [3.05, 3.63) is 65.0 Å². The van der Waals surface area contributed by atoms with E-state index in [0.29, 0.717) is 11.5 Å². The summed E-state index contributed by atoms with van der Waals surface area (Å²) in [5, 5.41) is 6.03. The number of hydrogen-bond acceptors (Lipinski definition) is 4. The summed E-state index contributed by atoms with van der Waals surface area (Å²) in [6, 6.07) is 7.10. The summed E-state index contributed by atoms with van der Waals surface area (Å²) in [4.78, 5) is 16.0. The van der Waals surface area contributed by atoms with Gasteiger partial charge in [0.15, 0.2) is 4.87 Å². The lowest BCUT2D eigenvalue weighted by molar-refractivity contribution is -0.132. The van der Waals surface area contributed by atoms with Crippen molar-refractivity contribution in [3.8, 4) is 0 Å². The molecule has 128 valence electrons. The molecule has 1 amide bonds. The van der Waals surface area contributed by atoms with Gasteiger partial charge in [-0.3, -0.25) is 9.78 Å². The van der Waals surface area contributed by atoms with E-state index in [1.165, 1.54) is 23.7 Å². The number of aryl methyl sites for hydroxylation is 1. The van der Waals surface area contributed by atoms with E-state index < -0.39 is 16.5 Å². The van der Waals surface area contributed by atoms with Crippen molar-refractivity contribution < 1.29 is 13.6 Å². The number of nitrogens with zero attached hydrogens (tertiary/aromatic N) is 3. The minimum atomic E-state index is -0.797. The zero-order valence-corrected chi connectivity index (χ0v) is 14.3. The quantitative estimate of drug-likeness (QED) is 0.778. The molecule has 1 aliphatic heterocycles. The molecule has 1 atom stereocenters. The molecule has 2 heterocycles. The molecule has 0 radical (unpaired) electrons. The van der Waals surface area contributed by atoms with Crippen LogP contribution >= 0.6 is 11.8 Å². The molecule has 0 bridgehead atoms. The monoisotopic (exact) mass is 359 g/mol. The average Bonchev–Trinajstić information content (AvgIpc) is 2.98. The van der Waals surface area contributed by atoms with E-state index in [-0.39, 0.29) is 11.5 Å². The Bertz CT molecular complexity index is 902. The minimum absolute atomic E-state index is 0.0659. The van der Waals surface area contributed by atoms with Crippen LogP contribution in [0.25, 0.3) is 0 Å². The van der Waals surface area contributed by atoms with Gasteiger partial charge >= 0.3 is 0 Å². The highest BCUT2D eigenvalue weighted by molar-refractivity contribution is 8.15. The van der Waals surface area contributed by atoms with Gasteiger partial charge in [-0.15, -0.1) is 0 Å². The number of thioether (sulfide) groups is 1. The molecule has 0 N–H and O–H groups in total. The largest absolute Gasteiger partial charge is 0.273 e. The molecule has 25 heavy (non-hydrogen) atoms. The first-order valence-electron chi connectivity index (χ1n) is 7.99. The van der Waals surface area contributed by atoms with Gasteiger partial charge in [-0.2, -0.15) is 5.10 Å². The van der Waals surface area contributed by atoms with Gasteiger partial charge in [-0.05, 0) is 49.1 Å². The standard InChI is InChI=1S/C18H15F2N3OS/c1-11(24)23-18(8-2-4-12-5-3-9-21-16(12)18)25-17(22-23)14-10-13(19)6-7-15(14)20/h3,5-7,9-10H,2,4,8H2,1H3. The van der Waals surface area contributed by atoms with Gasteiger partial charge in [0.1, 0.15) is 16.7 Å². The van der Waals surface area contributed by atoms with Gasteiger partial charge in [-0.1, -0.05) is 17.8 Å². The molecule has 7 heteroatoms. The summed E-state index contributed by atoms with van der Waals surface area (Å²) >= 11 is 1.27. The first-order valence-corrected chi connectivity index (χ1v) is 8.81. The van der Waals surface area contributed by atoms with Gasteiger partial charge < -0.3 is 0 Å². The summed E-state index contributed by atoms with van der Waals surface area (Å²) in [5.74, 6) is -1.36. The zero-order valence-electron chi connectivity index (χ0n) is 13.5. The van der Waals surface area contributed by atoms with Crippen molar-refractivity contribution >= 4 is 22.7 Å². The number of hydrazone groups is 1. The molecule has 2 aliphatic rings. The molecule has 1 aliphatic carbocycles. The molecule has 1 aromatic carbocycles. The molecule has 4 nitrogen and oxygen atoms in total. The van der Waals surface area contributed by atoms with Crippen LogP contribution in [0.2, 0.25) is 0 Å².